The third-order valence-electron chi connectivity index (χ3n) is 1.92. The summed E-state index contributed by atoms with van der Waals surface area (Å²) in [6.45, 7) is 2.49. The van der Waals surface area contributed by atoms with E-state index in [1.54, 1.807) is 0 Å². The van der Waals surface area contributed by atoms with E-state index in [9.17, 15) is 13.2 Å². The van der Waals surface area contributed by atoms with E-state index in [0.29, 0.717) is 24.6 Å². The van der Waals surface area contributed by atoms with Gasteiger partial charge in [0.25, 0.3) is 5.56 Å². The van der Waals surface area contributed by atoms with E-state index in [2.05, 4.69) is 20.0 Å². The molecule has 1 rings (SSSR count). The summed E-state index contributed by atoms with van der Waals surface area (Å²) in [5, 5.41) is 2.87. The van der Waals surface area contributed by atoms with Crippen molar-refractivity contribution in [2.75, 3.05) is 24.7 Å². The molecule has 8 heteroatoms. The van der Waals surface area contributed by atoms with Gasteiger partial charge in [-0.3, -0.25) is 4.79 Å². The molecule has 17 heavy (non-hydrogen) atoms. The van der Waals surface area contributed by atoms with Crippen LogP contribution >= 0.6 is 0 Å². The molecule has 1 aromatic rings. The molecule has 0 aliphatic rings. The van der Waals surface area contributed by atoms with Gasteiger partial charge < -0.3 is 10.3 Å². The summed E-state index contributed by atoms with van der Waals surface area (Å²) in [5.74, 6) is 1.04. The molecule has 7 nitrogen and oxygen atoms in total. The summed E-state index contributed by atoms with van der Waals surface area (Å²) in [7, 11) is -3.18. The maximum Gasteiger partial charge on any atom is 0.252 e. The second-order valence-corrected chi connectivity index (χ2v) is 5.36. The minimum Gasteiger partial charge on any atom is -0.369 e. The summed E-state index contributed by atoms with van der Waals surface area (Å²) < 4.78 is 23.9. The molecule has 0 spiro atoms. The molecule has 0 fully saturated rings. The average Bonchev–Trinajstić information content (AvgIpc) is 2.22. The Morgan fingerprint density at radius 3 is 2.71 bits per heavy atom. The largest absolute Gasteiger partial charge is 0.369 e. The average molecular weight is 260 g/mol. The Bertz CT molecular complexity index is 523. The lowest BCUT2D eigenvalue weighted by atomic mass is 10.4. The van der Waals surface area contributed by atoms with Gasteiger partial charge in [-0.2, -0.15) is 0 Å². The SMILES string of the molecule is CCc1nc(NCCNS(C)(=O)=O)cc(=O)[nH]1. The molecular weight excluding hydrogens is 244 g/mol. The van der Waals surface area contributed by atoms with E-state index in [-0.39, 0.29) is 12.1 Å². The van der Waals surface area contributed by atoms with Crippen LogP contribution in [0.15, 0.2) is 10.9 Å². The summed E-state index contributed by atoms with van der Waals surface area (Å²) in [4.78, 5) is 18.0. The summed E-state index contributed by atoms with van der Waals surface area (Å²) >= 11 is 0. The summed E-state index contributed by atoms with van der Waals surface area (Å²) in [5.41, 5.74) is -0.226. The van der Waals surface area contributed by atoms with Gasteiger partial charge in [-0.25, -0.2) is 18.1 Å². The predicted molar refractivity (Wildman–Crippen MR) is 65.6 cm³/mol. The zero-order chi connectivity index (χ0) is 12.9. The summed E-state index contributed by atoms with van der Waals surface area (Å²) in [6, 6.07) is 1.33. The number of anilines is 1. The van der Waals surface area contributed by atoms with E-state index >= 15 is 0 Å². The quantitative estimate of drug-likeness (QED) is 0.586. The second kappa shape index (κ2) is 5.78. The number of aromatic nitrogens is 2. The van der Waals surface area contributed by atoms with Crippen LogP contribution in [0.3, 0.4) is 0 Å². The molecule has 96 valence electrons. The number of sulfonamides is 1. The standard InChI is InChI=1S/C9H16N4O3S/c1-3-7-12-8(6-9(14)13-7)10-4-5-11-17(2,15)16/h6,11H,3-5H2,1-2H3,(H2,10,12,13,14). The van der Waals surface area contributed by atoms with Crippen LogP contribution < -0.4 is 15.6 Å². The molecular formula is C9H16N4O3S. The van der Waals surface area contributed by atoms with Gasteiger partial charge in [-0.15, -0.1) is 0 Å². The van der Waals surface area contributed by atoms with Crippen molar-refractivity contribution in [3.63, 3.8) is 0 Å². The van der Waals surface area contributed by atoms with Gasteiger partial charge in [0.15, 0.2) is 0 Å². The predicted octanol–water partition coefficient (Wildman–Crippen LogP) is -0.707. The van der Waals surface area contributed by atoms with Gasteiger partial charge >= 0.3 is 0 Å². The second-order valence-electron chi connectivity index (χ2n) is 3.52. The lowest BCUT2D eigenvalue weighted by Crippen LogP contribution is -2.28. The molecule has 0 aliphatic carbocycles. The topological polar surface area (TPSA) is 104 Å². The van der Waals surface area contributed by atoms with Crippen molar-refractivity contribution in [3.05, 3.63) is 22.2 Å². The first-order valence-electron chi connectivity index (χ1n) is 5.19. The normalized spacial score (nSPS) is 11.4. The Kier molecular flexibility index (Phi) is 4.64. The van der Waals surface area contributed by atoms with E-state index in [1.807, 2.05) is 6.92 Å². The molecule has 0 saturated heterocycles. The maximum atomic E-state index is 11.2. The van der Waals surface area contributed by atoms with Gasteiger partial charge in [-0.05, 0) is 0 Å². The van der Waals surface area contributed by atoms with Gasteiger partial charge in [0.1, 0.15) is 11.6 Å². The van der Waals surface area contributed by atoms with Crippen LogP contribution in [-0.2, 0) is 16.4 Å². The Hall–Kier alpha value is -1.41. The van der Waals surface area contributed by atoms with Crippen LogP contribution in [-0.4, -0.2) is 37.7 Å². The third-order valence-corrected chi connectivity index (χ3v) is 2.65. The molecule has 0 unspecified atom stereocenters. The highest BCUT2D eigenvalue weighted by Crippen LogP contribution is 1.98. The van der Waals surface area contributed by atoms with Crippen molar-refractivity contribution >= 4 is 15.8 Å². The highest BCUT2D eigenvalue weighted by Gasteiger charge is 2.01. The maximum absolute atomic E-state index is 11.2. The van der Waals surface area contributed by atoms with Crippen LogP contribution in [0.1, 0.15) is 12.7 Å². The van der Waals surface area contributed by atoms with Crippen LogP contribution in [0.25, 0.3) is 0 Å². The number of aryl methyl sites for hydroxylation is 1. The molecule has 0 atom stereocenters. The van der Waals surface area contributed by atoms with Gasteiger partial charge in [0, 0.05) is 25.6 Å². The zero-order valence-corrected chi connectivity index (χ0v) is 10.6. The molecule has 0 radical (unpaired) electrons. The fourth-order valence-electron chi connectivity index (χ4n) is 1.19. The Morgan fingerprint density at radius 1 is 1.41 bits per heavy atom. The minimum atomic E-state index is -3.18. The Balaban J connectivity index is 2.52. The molecule has 1 aromatic heterocycles. The highest BCUT2D eigenvalue weighted by molar-refractivity contribution is 7.88. The first kappa shape index (κ1) is 13.7. The van der Waals surface area contributed by atoms with Crippen LogP contribution in [0.4, 0.5) is 5.82 Å². The van der Waals surface area contributed by atoms with E-state index in [4.69, 9.17) is 0 Å². The van der Waals surface area contributed by atoms with Crippen LogP contribution in [0, 0.1) is 0 Å². The van der Waals surface area contributed by atoms with Crippen molar-refractivity contribution in [1.82, 2.24) is 14.7 Å². The number of aromatic amines is 1. The molecule has 1 heterocycles. The lowest BCUT2D eigenvalue weighted by Gasteiger charge is -2.06. The molecule has 0 aromatic carbocycles. The first-order chi connectivity index (χ1) is 7.90. The third kappa shape index (κ3) is 5.45. The van der Waals surface area contributed by atoms with Crippen molar-refractivity contribution in [2.45, 2.75) is 13.3 Å². The fourth-order valence-corrected chi connectivity index (χ4v) is 1.67. The minimum absolute atomic E-state index is 0.226. The smallest absolute Gasteiger partial charge is 0.252 e. The zero-order valence-electron chi connectivity index (χ0n) is 9.78. The first-order valence-corrected chi connectivity index (χ1v) is 7.08. The highest BCUT2D eigenvalue weighted by atomic mass is 32.2. The van der Waals surface area contributed by atoms with Crippen molar-refractivity contribution < 1.29 is 8.42 Å². The molecule has 0 amide bonds. The van der Waals surface area contributed by atoms with Crippen LogP contribution in [0.2, 0.25) is 0 Å². The van der Waals surface area contributed by atoms with Crippen molar-refractivity contribution in [2.24, 2.45) is 0 Å². The Labute approximate surface area is 99.7 Å². The van der Waals surface area contributed by atoms with Gasteiger partial charge in [-0.1, -0.05) is 6.92 Å². The van der Waals surface area contributed by atoms with Crippen molar-refractivity contribution in [3.8, 4) is 0 Å². The number of rotatable bonds is 6. The number of hydrogen-bond acceptors (Lipinski definition) is 5. The lowest BCUT2D eigenvalue weighted by molar-refractivity contribution is 0.589. The molecule has 0 aliphatic heterocycles. The fraction of sp³-hybridized carbons (Fsp3) is 0.556. The van der Waals surface area contributed by atoms with E-state index in [0.717, 1.165) is 6.26 Å². The van der Waals surface area contributed by atoms with Crippen molar-refractivity contribution in [1.29, 1.82) is 0 Å². The number of nitrogens with zero attached hydrogens (tertiary/aromatic N) is 1. The Morgan fingerprint density at radius 2 is 2.12 bits per heavy atom. The molecule has 0 bridgehead atoms. The van der Waals surface area contributed by atoms with Gasteiger partial charge in [0.2, 0.25) is 10.0 Å². The molecule has 3 N–H and O–H groups in total. The number of H-pyrrole nitrogens is 1. The number of hydrogen-bond donors (Lipinski definition) is 3. The van der Waals surface area contributed by atoms with Crippen LogP contribution in [0.5, 0.6) is 0 Å². The number of nitrogens with one attached hydrogen (secondary N) is 3. The van der Waals surface area contributed by atoms with Gasteiger partial charge in [0.05, 0.1) is 6.26 Å². The monoisotopic (exact) mass is 260 g/mol. The molecule has 0 saturated carbocycles. The van der Waals surface area contributed by atoms with E-state index < -0.39 is 10.0 Å². The summed E-state index contributed by atoms with van der Waals surface area (Å²) in [6.07, 6.45) is 1.72. The van der Waals surface area contributed by atoms with E-state index in [1.165, 1.54) is 6.07 Å².